The van der Waals surface area contributed by atoms with E-state index in [9.17, 15) is 18.0 Å². The van der Waals surface area contributed by atoms with Gasteiger partial charge in [-0.15, -0.1) is 0 Å². The number of carboxylic acid groups (broad SMARTS) is 1. The number of alkyl halides is 3. The summed E-state index contributed by atoms with van der Waals surface area (Å²) in [7, 11) is 0. The Labute approximate surface area is 223 Å². The fraction of sp³-hybridized carbons (Fsp3) is 0.276. The topological polar surface area (TPSA) is 112 Å². The molecule has 0 saturated carbocycles. The molecule has 4 aromatic rings. The molecule has 204 valence electrons. The van der Waals surface area contributed by atoms with Gasteiger partial charge in [-0.05, 0) is 67.2 Å². The number of primary amides is 1. The highest BCUT2D eigenvalue weighted by molar-refractivity contribution is 5.82. The van der Waals surface area contributed by atoms with E-state index in [1.54, 1.807) is 0 Å². The third-order valence-corrected chi connectivity index (χ3v) is 6.77. The molecule has 0 unspecified atom stereocenters. The number of amides is 1. The molecule has 0 bridgehead atoms. The molecule has 1 fully saturated rings. The van der Waals surface area contributed by atoms with Crippen LogP contribution < -0.4 is 5.73 Å². The van der Waals surface area contributed by atoms with Crippen LogP contribution in [0.25, 0.3) is 33.5 Å². The van der Waals surface area contributed by atoms with Crippen LogP contribution in [0.2, 0.25) is 0 Å². The van der Waals surface area contributed by atoms with Gasteiger partial charge in [-0.25, -0.2) is 9.78 Å². The van der Waals surface area contributed by atoms with Crippen molar-refractivity contribution in [3.8, 4) is 22.5 Å². The predicted octanol–water partition coefficient (Wildman–Crippen LogP) is 5.54. The quantitative estimate of drug-likeness (QED) is 0.309. The zero-order chi connectivity index (χ0) is 28.2. The highest BCUT2D eigenvalue weighted by Gasteiger charge is 2.38. The van der Waals surface area contributed by atoms with Crippen molar-refractivity contribution in [3.05, 3.63) is 77.9 Å². The van der Waals surface area contributed by atoms with E-state index in [0.717, 1.165) is 54.9 Å². The molecule has 0 spiro atoms. The molecule has 39 heavy (non-hydrogen) atoms. The van der Waals surface area contributed by atoms with E-state index < -0.39 is 12.1 Å². The second-order valence-corrected chi connectivity index (χ2v) is 9.59. The van der Waals surface area contributed by atoms with Crippen molar-refractivity contribution >= 4 is 22.9 Å². The van der Waals surface area contributed by atoms with Crippen molar-refractivity contribution in [2.75, 3.05) is 13.1 Å². The van der Waals surface area contributed by atoms with Crippen LogP contribution in [-0.2, 0) is 16.1 Å². The monoisotopic (exact) mass is 538 g/mol. The van der Waals surface area contributed by atoms with Gasteiger partial charge >= 0.3 is 12.1 Å². The molecule has 4 N–H and O–H groups in total. The number of hydrogen-bond acceptors (Lipinski definition) is 4. The van der Waals surface area contributed by atoms with Crippen LogP contribution in [0.1, 0.15) is 24.0 Å². The lowest BCUT2D eigenvalue weighted by atomic mass is 9.95. The first-order chi connectivity index (χ1) is 18.5. The number of nitrogens with two attached hydrogens (primary N) is 1. The number of para-hydroxylation sites is 1. The van der Waals surface area contributed by atoms with Crippen LogP contribution in [-0.4, -0.2) is 51.1 Å². The number of halogens is 3. The number of benzene rings is 3. The molecule has 0 radical (unpaired) electrons. The number of piperidine rings is 1. The van der Waals surface area contributed by atoms with E-state index in [-0.39, 0.29) is 11.8 Å². The fourth-order valence-corrected chi connectivity index (χ4v) is 4.62. The minimum atomic E-state index is -5.08. The van der Waals surface area contributed by atoms with Crippen LogP contribution >= 0.6 is 0 Å². The van der Waals surface area contributed by atoms with E-state index in [1.165, 1.54) is 22.3 Å². The van der Waals surface area contributed by atoms with Crippen molar-refractivity contribution in [3.63, 3.8) is 0 Å². The van der Waals surface area contributed by atoms with Crippen molar-refractivity contribution < 1.29 is 27.9 Å². The fourth-order valence-electron chi connectivity index (χ4n) is 4.62. The van der Waals surface area contributed by atoms with E-state index >= 15 is 0 Å². The van der Waals surface area contributed by atoms with Crippen LogP contribution in [0, 0.1) is 12.8 Å². The van der Waals surface area contributed by atoms with Gasteiger partial charge in [-0.3, -0.25) is 9.69 Å². The SMILES string of the molecule is Cc1cccc2[nH]c(-c3ccc(-c4cccc(CN5CCC(C(N)=O)CC5)c4)cc3)nc12.O=C(O)C(F)(F)F. The normalized spacial score (nSPS) is 14.6. The summed E-state index contributed by atoms with van der Waals surface area (Å²) in [6.07, 6.45) is -3.37. The number of imidazole rings is 1. The maximum atomic E-state index is 11.4. The molecule has 1 aliphatic heterocycles. The molecular weight excluding hydrogens is 509 g/mol. The van der Waals surface area contributed by atoms with Gasteiger partial charge in [0.1, 0.15) is 5.82 Å². The van der Waals surface area contributed by atoms with Gasteiger partial charge in [0, 0.05) is 18.0 Å². The first-order valence-corrected chi connectivity index (χ1v) is 12.5. The minimum Gasteiger partial charge on any atom is -0.475 e. The zero-order valence-corrected chi connectivity index (χ0v) is 21.3. The van der Waals surface area contributed by atoms with Crippen LogP contribution in [0.5, 0.6) is 0 Å². The number of hydrogen-bond donors (Lipinski definition) is 3. The van der Waals surface area contributed by atoms with Gasteiger partial charge in [0.25, 0.3) is 0 Å². The van der Waals surface area contributed by atoms with Gasteiger partial charge in [0.2, 0.25) is 5.91 Å². The molecule has 1 aliphatic rings. The molecule has 3 aromatic carbocycles. The molecule has 1 amide bonds. The average Bonchev–Trinajstić information content (AvgIpc) is 3.35. The van der Waals surface area contributed by atoms with Gasteiger partial charge in [0.15, 0.2) is 0 Å². The zero-order valence-electron chi connectivity index (χ0n) is 21.3. The van der Waals surface area contributed by atoms with Gasteiger partial charge in [-0.1, -0.05) is 54.6 Å². The summed E-state index contributed by atoms with van der Waals surface area (Å²) in [6, 6.07) is 23.5. The van der Waals surface area contributed by atoms with E-state index in [4.69, 9.17) is 20.6 Å². The molecule has 7 nitrogen and oxygen atoms in total. The minimum absolute atomic E-state index is 0.0340. The Morgan fingerprint density at radius 1 is 1.00 bits per heavy atom. The Bertz CT molecular complexity index is 1460. The number of carbonyl (C=O) groups excluding carboxylic acids is 1. The molecule has 0 aliphatic carbocycles. The standard InChI is InChI=1S/C27H28N4O.C2HF3O2/c1-18-4-2-7-24-25(18)30-27(29-24)22-10-8-20(9-11-22)23-6-3-5-19(16-23)17-31-14-12-21(13-15-31)26(28)32;3-2(4,5)1(6)7/h2-11,16,21H,12-15,17H2,1H3,(H2,28,32)(H,29,30);(H,6,7). The van der Waals surface area contributed by atoms with Gasteiger partial charge in [-0.2, -0.15) is 13.2 Å². The maximum absolute atomic E-state index is 11.4. The Morgan fingerprint density at radius 3 is 2.21 bits per heavy atom. The molecule has 10 heteroatoms. The molecule has 5 rings (SSSR count). The predicted molar refractivity (Wildman–Crippen MR) is 143 cm³/mol. The van der Waals surface area contributed by atoms with Crippen molar-refractivity contribution in [2.45, 2.75) is 32.5 Å². The van der Waals surface area contributed by atoms with E-state index in [1.807, 2.05) is 0 Å². The van der Waals surface area contributed by atoms with Crippen LogP contribution in [0.15, 0.2) is 66.7 Å². The van der Waals surface area contributed by atoms with E-state index in [2.05, 4.69) is 83.5 Å². The van der Waals surface area contributed by atoms with Gasteiger partial charge < -0.3 is 15.8 Å². The highest BCUT2D eigenvalue weighted by atomic mass is 19.4. The summed E-state index contributed by atoms with van der Waals surface area (Å²) in [5.74, 6) is -1.99. The molecule has 1 saturated heterocycles. The summed E-state index contributed by atoms with van der Waals surface area (Å²) < 4.78 is 31.7. The number of nitrogens with zero attached hydrogens (tertiary/aromatic N) is 2. The average molecular weight is 539 g/mol. The lowest BCUT2D eigenvalue weighted by Gasteiger charge is -2.30. The highest BCUT2D eigenvalue weighted by Crippen LogP contribution is 2.27. The summed E-state index contributed by atoms with van der Waals surface area (Å²) in [5.41, 5.74) is 13.5. The number of rotatable bonds is 5. The van der Waals surface area contributed by atoms with Crippen LogP contribution in [0.4, 0.5) is 13.2 Å². The van der Waals surface area contributed by atoms with Crippen molar-refractivity contribution in [2.24, 2.45) is 11.7 Å². The maximum Gasteiger partial charge on any atom is 0.490 e. The molecule has 0 atom stereocenters. The van der Waals surface area contributed by atoms with Crippen LogP contribution in [0.3, 0.4) is 0 Å². The Morgan fingerprint density at radius 2 is 1.62 bits per heavy atom. The molecule has 1 aromatic heterocycles. The number of likely N-dealkylation sites (tertiary alicyclic amines) is 1. The number of aliphatic carboxylic acids is 1. The first-order valence-electron chi connectivity index (χ1n) is 12.5. The largest absolute Gasteiger partial charge is 0.490 e. The second-order valence-electron chi connectivity index (χ2n) is 9.59. The second kappa shape index (κ2) is 11.7. The number of aryl methyl sites for hydroxylation is 1. The number of nitrogens with one attached hydrogen (secondary N) is 1. The smallest absolute Gasteiger partial charge is 0.475 e. The lowest BCUT2D eigenvalue weighted by Crippen LogP contribution is -2.38. The first kappa shape index (κ1) is 27.8. The summed E-state index contributed by atoms with van der Waals surface area (Å²) in [4.78, 5) is 30.9. The van der Waals surface area contributed by atoms with Crippen molar-refractivity contribution in [1.29, 1.82) is 0 Å². The Hall–Kier alpha value is -4.18. The van der Waals surface area contributed by atoms with E-state index in [0.29, 0.717) is 0 Å². The number of H-pyrrole nitrogens is 1. The third kappa shape index (κ3) is 7.02. The Balaban J connectivity index is 0.000000448. The Kier molecular flexibility index (Phi) is 8.35. The lowest BCUT2D eigenvalue weighted by molar-refractivity contribution is -0.192. The van der Waals surface area contributed by atoms with Crippen molar-refractivity contribution in [1.82, 2.24) is 14.9 Å². The number of fused-ring (bicyclic) bond motifs is 1. The van der Waals surface area contributed by atoms with Gasteiger partial charge in [0.05, 0.1) is 11.0 Å². The molecule has 2 heterocycles. The summed E-state index contributed by atoms with van der Waals surface area (Å²) >= 11 is 0. The number of aromatic amines is 1. The number of carboxylic acids is 1. The summed E-state index contributed by atoms with van der Waals surface area (Å²) in [5, 5.41) is 7.12. The number of carbonyl (C=O) groups is 2. The molecular formula is C29H29F3N4O3. The third-order valence-electron chi connectivity index (χ3n) is 6.77. The summed E-state index contributed by atoms with van der Waals surface area (Å²) in [6.45, 7) is 4.83. The number of aromatic nitrogens is 2.